The summed E-state index contributed by atoms with van der Waals surface area (Å²) in [6, 6.07) is 4.57. The molecule has 3 unspecified atom stereocenters. The smallest absolute Gasteiger partial charge is 0.198 e. The predicted octanol–water partition coefficient (Wildman–Crippen LogP) is 3.37. The monoisotopic (exact) mass is 277 g/mol. The van der Waals surface area contributed by atoms with Crippen molar-refractivity contribution in [2.24, 2.45) is 27.2 Å². The Kier molecular flexibility index (Phi) is 8.31. The lowest BCUT2D eigenvalue weighted by Gasteiger charge is -2.14. The molecule has 0 fully saturated rings. The fraction of sp³-hybridized carbons (Fsp3) is 0.857. The van der Waals surface area contributed by atoms with Gasteiger partial charge in [0.05, 0.1) is 24.6 Å². The van der Waals surface area contributed by atoms with Crippen molar-refractivity contribution in [3.8, 4) is 12.1 Å². The normalized spacial score (nSPS) is 17.0. The third kappa shape index (κ3) is 6.38. The van der Waals surface area contributed by atoms with E-state index in [-0.39, 0.29) is 23.9 Å². The molecular weight excluding hydrogens is 252 g/mol. The average molecular weight is 277 g/mol. The van der Waals surface area contributed by atoms with E-state index in [4.69, 9.17) is 10.5 Å². The predicted molar refractivity (Wildman–Crippen MR) is 76.0 cm³/mol. The zero-order valence-corrected chi connectivity index (χ0v) is 13.3. The second-order valence-electron chi connectivity index (χ2n) is 5.48. The molecule has 0 aromatic heterocycles. The Hall–Kier alpha value is -1.82. The van der Waals surface area contributed by atoms with Crippen LogP contribution >= 0.6 is 0 Å². The number of rotatable bonds is 7. The molecule has 0 amide bonds. The summed E-state index contributed by atoms with van der Waals surface area (Å²) < 4.78 is 1.83. The van der Waals surface area contributed by atoms with E-state index in [1.807, 2.05) is 39.3 Å². The number of hydrogen-bond donors (Lipinski definition) is 0. The van der Waals surface area contributed by atoms with Gasteiger partial charge in [0.2, 0.25) is 0 Å². The highest BCUT2D eigenvalue weighted by atomic mass is 15.4. The molecule has 20 heavy (non-hydrogen) atoms. The highest BCUT2D eigenvalue weighted by Crippen LogP contribution is 2.14. The van der Waals surface area contributed by atoms with Crippen LogP contribution in [-0.2, 0) is 0 Å². The summed E-state index contributed by atoms with van der Waals surface area (Å²) in [6.45, 7) is 11.9. The van der Waals surface area contributed by atoms with E-state index < -0.39 is 6.17 Å². The van der Waals surface area contributed by atoms with Gasteiger partial charge in [-0.3, -0.25) is 0 Å². The van der Waals surface area contributed by atoms with Crippen LogP contribution in [0.2, 0.25) is 0 Å². The lowest BCUT2D eigenvalue weighted by molar-refractivity contribution is -0.661. The van der Waals surface area contributed by atoms with Crippen molar-refractivity contribution in [3.63, 3.8) is 0 Å². The van der Waals surface area contributed by atoms with Gasteiger partial charge in [0.1, 0.15) is 12.0 Å². The quantitative estimate of drug-likeness (QED) is 0.527. The van der Waals surface area contributed by atoms with E-state index in [1.54, 1.807) is 6.92 Å². The highest BCUT2D eigenvalue weighted by molar-refractivity contribution is 4.84. The molecule has 0 saturated heterocycles. The zero-order chi connectivity index (χ0) is 15.7. The van der Waals surface area contributed by atoms with E-state index in [9.17, 15) is 0 Å². The highest BCUT2D eigenvalue weighted by Gasteiger charge is 2.32. The molecule has 0 spiro atoms. The number of hydrogen-bond acceptors (Lipinski definition) is 5. The minimum absolute atomic E-state index is 0.124. The number of nitriles is 2. The van der Waals surface area contributed by atoms with Crippen molar-refractivity contribution in [2.75, 3.05) is 6.54 Å². The summed E-state index contributed by atoms with van der Waals surface area (Å²) in [4.78, 5) is 0. The second-order valence-corrected chi connectivity index (χ2v) is 5.48. The summed E-state index contributed by atoms with van der Waals surface area (Å²) >= 11 is 0. The van der Waals surface area contributed by atoms with E-state index in [2.05, 4.69) is 27.5 Å². The molecular formula is C14H25N6+. The fourth-order valence-corrected chi connectivity index (χ4v) is 1.52. The van der Waals surface area contributed by atoms with Crippen LogP contribution in [-0.4, -0.2) is 29.5 Å². The Morgan fingerprint density at radius 1 is 1.00 bits per heavy atom. The maximum Gasteiger partial charge on any atom is 0.303 e. The van der Waals surface area contributed by atoms with Gasteiger partial charge >= 0.3 is 6.17 Å². The zero-order valence-electron chi connectivity index (χ0n) is 13.3. The summed E-state index contributed by atoms with van der Waals surface area (Å²) in [5.41, 5.74) is 0. The Morgan fingerprint density at radius 3 is 2.00 bits per heavy atom. The third-order valence-electron chi connectivity index (χ3n) is 2.59. The maximum atomic E-state index is 9.15. The fourth-order valence-electron chi connectivity index (χ4n) is 1.52. The molecule has 0 radical (unpaired) electrons. The maximum absolute atomic E-state index is 9.15. The molecule has 0 aromatic rings. The van der Waals surface area contributed by atoms with Gasteiger partial charge < -0.3 is 0 Å². The van der Waals surface area contributed by atoms with Gasteiger partial charge in [0, 0.05) is 0 Å². The molecule has 0 aliphatic heterocycles. The standard InChI is InChI=1S/C14H25N6/c1-10(2)19-20(11(3)4)14(13(6)8-16)18-17-9-12(5)7-15/h10-14H,9H2,1-6H3/q+1. The van der Waals surface area contributed by atoms with Crippen LogP contribution < -0.4 is 0 Å². The van der Waals surface area contributed by atoms with Crippen LogP contribution in [0.5, 0.6) is 0 Å². The van der Waals surface area contributed by atoms with Gasteiger partial charge in [-0.2, -0.15) is 15.6 Å². The molecule has 0 bridgehead atoms. The van der Waals surface area contributed by atoms with Crippen LogP contribution in [0.25, 0.3) is 0 Å². The Balaban J connectivity index is 5.24. The molecule has 0 aromatic carbocycles. The van der Waals surface area contributed by atoms with E-state index in [1.165, 1.54) is 0 Å². The molecule has 0 aliphatic rings. The van der Waals surface area contributed by atoms with Crippen LogP contribution in [0.3, 0.4) is 0 Å². The lowest BCUT2D eigenvalue weighted by atomic mass is 10.1. The number of nitrogens with zero attached hydrogens (tertiary/aromatic N) is 6. The Bertz CT molecular complexity index is 424. The van der Waals surface area contributed by atoms with Crippen molar-refractivity contribution < 1.29 is 4.70 Å². The van der Waals surface area contributed by atoms with Crippen LogP contribution in [0.1, 0.15) is 41.5 Å². The molecule has 0 aliphatic carbocycles. The van der Waals surface area contributed by atoms with Gasteiger partial charge in [-0.1, -0.05) is 4.70 Å². The Morgan fingerprint density at radius 2 is 1.60 bits per heavy atom. The second kappa shape index (κ2) is 9.14. The molecule has 0 heterocycles. The first-order chi connectivity index (χ1) is 9.33. The van der Waals surface area contributed by atoms with Crippen LogP contribution in [0, 0.1) is 34.5 Å². The first-order valence-electron chi connectivity index (χ1n) is 6.98. The van der Waals surface area contributed by atoms with E-state index in [0.717, 1.165) is 0 Å². The minimum Gasteiger partial charge on any atom is -0.198 e. The van der Waals surface area contributed by atoms with Crippen molar-refractivity contribution in [3.05, 3.63) is 0 Å². The van der Waals surface area contributed by atoms with Crippen molar-refractivity contribution in [1.82, 2.24) is 0 Å². The molecule has 6 heteroatoms. The van der Waals surface area contributed by atoms with Crippen molar-refractivity contribution in [1.29, 1.82) is 10.5 Å². The summed E-state index contributed by atoms with van der Waals surface area (Å²) in [5.74, 6) is -0.493. The summed E-state index contributed by atoms with van der Waals surface area (Å²) in [5, 5.41) is 30.7. The van der Waals surface area contributed by atoms with Crippen molar-refractivity contribution in [2.45, 2.75) is 59.8 Å². The first kappa shape index (κ1) is 18.2. The van der Waals surface area contributed by atoms with Crippen LogP contribution in [0.4, 0.5) is 0 Å². The number of azo groups is 3. The third-order valence-corrected chi connectivity index (χ3v) is 2.59. The molecule has 110 valence electrons. The van der Waals surface area contributed by atoms with Gasteiger partial charge in [0.25, 0.3) is 0 Å². The summed E-state index contributed by atoms with van der Waals surface area (Å²) in [6.07, 6.45) is -0.409. The van der Waals surface area contributed by atoms with Gasteiger partial charge in [0.15, 0.2) is 6.04 Å². The summed E-state index contributed by atoms with van der Waals surface area (Å²) in [7, 11) is 0. The topological polar surface area (TPSA) is 87.7 Å². The van der Waals surface area contributed by atoms with E-state index in [0.29, 0.717) is 6.54 Å². The first-order valence-corrected chi connectivity index (χ1v) is 6.98. The van der Waals surface area contributed by atoms with Gasteiger partial charge in [-0.15, -0.1) is 5.11 Å². The lowest BCUT2D eigenvalue weighted by Crippen LogP contribution is -2.34. The largest absolute Gasteiger partial charge is 0.303 e. The Labute approximate surface area is 121 Å². The SMILES string of the molecule is CC(C#N)CN=NC(C(C)C#N)[N+](=NC(C)C)C(C)C. The minimum atomic E-state index is -0.409. The molecule has 0 rings (SSSR count). The molecule has 3 atom stereocenters. The van der Waals surface area contributed by atoms with Crippen LogP contribution in [0.15, 0.2) is 15.3 Å². The van der Waals surface area contributed by atoms with E-state index >= 15 is 0 Å². The van der Waals surface area contributed by atoms with Gasteiger partial charge in [-0.05, 0) is 46.7 Å². The molecule has 6 nitrogen and oxygen atoms in total. The molecule has 0 N–H and O–H groups in total. The molecule has 0 saturated carbocycles. The van der Waals surface area contributed by atoms with Crippen molar-refractivity contribution >= 4 is 0 Å². The average Bonchev–Trinajstić information content (AvgIpc) is 2.39. The van der Waals surface area contributed by atoms with Gasteiger partial charge in [-0.25, -0.2) is 0 Å².